The third-order valence-electron chi connectivity index (χ3n) is 4.14. The largest absolute Gasteiger partial charge is 0.332 e. The molecule has 4 nitrogen and oxygen atoms in total. The number of nitrogens with two attached hydrogens (primary N) is 1. The van der Waals surface area contributed by atoms with Gasteiger partial charge in [-0.2, -0.15) is 0 Å². The zero-order valence-corrected chi connectivity index (χ0v) is 11.2. The highest BCUT2D eigenvalue weighted by molar-refractivity contribution is 5.45. The molecule has 1 saturated carbocycles. The van der Waals surface area contributed by atoms with Gasteiger partial charge in [-0.15, -0.1) is 0 Å². The topological polar surface area (TPSA) is 52.9 Å². The highest BCUT2D eigenvalue weighted by Crippen LogP contribution is 2.38. The second-order valence-electron chi connectivity index (χ2n) is 5.44. The van der Waals surface area contributed by atoms with E-state index in [2.05, 4.69) is 6.07 Å². The number of benzene rings is 1. The lowest BCUT2D eigenvalue weighted by Crippen LogP contribution is -2.35. The van der Waals surface area contributed by atoms with Crippen LogP contribution in [0.4, 0.5) is 0 Å². The number of aryl methyl sites for hydroxylation is 1. The fraction of sp³-hybridized carbons (Fsp3) is 0.400. The van der Waals surface area contributed by atoms with E-state index in [1.807, 2.05) is 18.2 Å². The van der Waals surface area contributed by atoms with Crippen LogP contribution in [0.5, 0.6) is 0 Å². The first kappa shape index (κ1) is 12.2. The predicted molar refractivity (Wildman–Crippen MR) is 75.3 cm³/mol. The van der Waals surface area contributed by atoms with Crippen molar-refractivity contribution in [2.45, 2.75) is 31.2 Å². The maximum Gasteiger partial charge on any atom is 0.332 e. The van der Waals surface area contributed by atoms with Gasteiger partial charge in [0, 0.05) is 25.0 Å². The fourth-order valence-corrected chi connectivity index (χ4v) is 3.03. The van der Waals surface area contributed by atoms with Crippen LogP contribution in [0.3, 0.4) is 0 Å². The summed E-state index contributed by atoms with van der Waals surface area (Å²) in [6, 6.07) is 7.99. The molecule has 1 fully saturated rings. The molecular weight excluding hydrogens is 238 g/mol. The van der Waals surface area contributed by atoms with E-state index < -0.39 is 0 Å². The van der Waals surface area contributed by atoms with Gasteiger partial charge in [0.2, 0.25) is 0 Å². The van der Waals surface area contributed by atoms with Crippen molar-refractivity contribution in [3.63, 3.8) is 0 Å². The van der Waals surface area contributed by atoms with Gasteiger partial charge in [-0.3, -0.25) is 4.57 Å². The van der Waals surface area contributed by atoms with E-state index in [1.165, 1.54) is 0 Å². The van der Waals surface area contributed by atoms with Crippen molar-refractivity contribution in [2.75, 3.05) is 0 Å². The molecule has 1 aromatic heterocycles. The first-order chi connectivity index (χ1) is 9.12. The summed E-state index contributed by atoms with van der Waals surface area (Å²) in [5.41, 5.74) is 8.23. The summed E-state index contributed by atoms with van der Waals surface area (Å²) in [5.74, 6) is 0. The second-order valence-corrected chi connectivity index (χ2v) is 5.44. The molecule has 4 heteroatoms. The van der Waals surface area contributed by atoms with Crippen molar-refractivity contribution in [1.82, 2.24) is 9.13 Å². The molecule has 0 spiro atoms. The minimum absolute atomic E-state index is 0.0333. The molecular formula is C15H19N3O. The summed E-state index contributed by atoms with van der Waals surface area (Å²) < 4.78 is 3.26. The van der Waals surface area contributed by atoms with Gasteiger partial charge in [0.15, 0.2) is 0 Å². The van der Waals surface area contributed by atoms with Crippen LogP contribution in [0, 0.1) is 0 Å². The monoisotopic (exact) mass is 257 g/mol. The number of aromatic nitrogens is 2. The van der Waals surface area contributed by atoms with Gasteiger partial charge >= 0.3 is 5.69 Å². The minimum Gasteiger partial charge on any atom is -0.321 e. The number of nitrogens with zero attached hydrogens (tertiary/aromatic N) is 2. The van der Waals surface area contributed by atoms with Gasteiger partial charge in [-0.25, -0.2) is 4.79 Å². The maximum atomic E-state index is 12.1. The normalized spacial score (nSPS) is 17.8. The van der Waals surface area contributed by atoms with Crippen molar-refractivity contribution in [3.05, 3.63) is 52.7 Å². The third-order valence-corrected chi connectivity index (χ3v) is 4.14. The van der Waals surface area contributed by atoms with Crippen molar-refractivity contribution in [3.8, 4) is 5.69 Å². The molecule has 0 amide bonds. The van der Waals surface area contributed by atoms with E-state index in [0.717, 1.165) is 36.9 Å². The smallest absolute Gasteiger partial charge is 0.321 e. The molecule has 0 bridgehead atoms. The molecule has 2 aromatic rings. The van der Waals surface area contributed by atoms with Gasteiger partial charge in [-0.1, -0.05) is 31.0 Å². The van der Waals surface area contributed by atoms with Crippen LogP contribution in [-0.4, -0.2) is 9.13 Å². The number of hydrogen-bond donors (Lipinski definition) is 1. The molecule has 0 radical (unpaired) electrons. The summed E-state index contributed by atoms with van der Waals surface area (Å²) in [5, 5.41) is 0. The van der Waals surface area contributed by atoms with Crippen LogP contribution in [0.2, 0.25) is 0 Å². The average molecular weight is 257 g/mol. The van der Waals surface area contributed by atoms with Crippen LogP contribution in [-0.2, 0) is 12.6 Å². The van der Waals surface area contributed by atoms with Crippen LogP contribution >= 0.6 is 0 Å². The molecule has 0 atom stereocenters. The third kappa shape index (κ3) is 1.92. The van der Waals surface area contributed by atoms with E-state index in [9.17, 15) is 4.79 Å². The van der Waals surface area contributed by atoms with Crippen molar-refractivity contribution in [2.24, 2.45) is 12.8 Å². The van der Waals surface area contributed by atoms with Crippen LogP contribution < -0.4 is 11.4 Å². The standard InChI is InChI=1S/C15H19N3O/c1-17-10-11-18(14(17)19)13-7-3-2-6-12(13)15(16)8-4-5-9-15/h2-3,6-7,10-11H,4-5,8-9,16H2,1H3. The molecule has 2 N–H and O–H groups in total. The molecule has 0 aliphatic heterocycles. The van der Waals surface area contributed by atoms with E-state index in [-0.39, 0.29) is 11.2 Å². The summed E-state index contributed by atoms with van der Waals surface area (Å²) in [6.07, 6.45) is 7.89. The maximum absolute atomic E-state index is 12.1. The molecule has 1 aromatic carbocycles. The molecule has 3 rings (SSSR count). The Labute approximate surface area is 112 Å². The Morgan fingerprint density at radius 3 is 2.47 bits per heavy atom. The van der Waals surface area contributed by atoms with Gasteiger partial charge in [-0.05, 0) is 24.5 Å². The van der Waals surface area contributed by atoms with Crippen molar-refractivity contribution >= 4 is 0 Å². The SMILES string of the molecule is Cn1ccn(-c2ccccc2C2(N)CCCC2)c1=O. The lowest BCUT2D eigenvalue weighted by Gasteiger charge is -2.26. The molecule has 100 valence electrons. The Hall–Kier alpha value is -1.81. The first-order valence-corrected chi connectivity index (χ1v) is 6.75. The Balaban J connectivity index is 2.18. The Bertz CT molecular complexity index is 647. The molecule has 1 aliphatic carbocycles. The molecule has 0 unspecified atom stereocenters. The van der Waals surface area contributed by atoms with Crippen LogP contribution in [0.15, 0.2) is 41.5 Å². The summed E-state index contributed by atoms with van der Waals surface area (Å²) in [6.45, 7) is 0. The van der Waals surface area contributed by atoms with Gasteiger partial charge in [0.05, 0.1) is 5.69 Å². The molecule has 19 heavy (non-hydrogen) atoms. The predicted octanol–water partition coefficient (Wildman–Crippen LogP) is 1.90. The molecule has 0 saturated heterocycles. The minimum atomic E-state index is -0.286. The number of rotatable bonds is 2. The Morgan fingerprint density at radius 2 is 1.84 bits per heavy atom. The van der Waals surface area contributed by atoms with E-state index in [1.54, 1.807) is 28.6 Å². The lowest BCUT2D eigenvalue weighted by molar-refractivity contribution is 0.459. The van der Waals surface area contributed by atoms with Crippen LogP contribution in [0.25, 0.3) is 5.69 Å². The number of para-hydroxylation sites is 1. The molecule has 1 heterocycles. The summed E-state index contributed by atoms with van der Waals surface area (Å²) in [7, 11) is 1.76. The number of imidazole rings is 1. The van der Waals surface area contributed by atoms with Crippen LogP contribution in [0.1, 0.15) is 31.2 Å². The van der Waals surface area contributed by atoms with Gasteiger partial charge in [0.25, 0.3) is 0 Å². The highest BCUT2D eigenvalue weighted by Gasteiger charge is 2.33. The Kier molecular flexibility index (Phi) is 2.82. The lowest BCUT2D eigenvalue weighted by atomic mass is 9.88. The molecule has 1 aliphatic rings. The quantitative estimate of drug-likeness (QED) is 0.893. The Morgan fingerprint density at radius 1 is 1.16 bits per heavy atom. The van der Waals surface area contributed by atoms with E-state index in [0.29, 0.717) is 0 Å². The van der Waals surface area contributed by atoms with Gasteiger partial charge in [0.1, 0.15) is 0 Å². The van der Waals surface area contributed by atoms with Crippen molar-refractivity contribution < 1.29 is 0 Å². The van der Waals surface area contributed by atoms with Crippen molar-refractivity contribution in [1.29, 1.82) is 0 Å². The van der Waals surface area contributed by atoms with E-state index >= 15 is 0 Å². The first-order valence-electron chi connectivity index (χ1n) is 6.75. The zero-order valence-electron chi connectivity index (χ0n) is 11.2. The summed E-state index contributed by atoms with van der Waals surface area (Å²) >= 11 is 0. The van der Waals surface area contributed by atoms with E-state index in [4.69, 9.17) is 5.73 Å². The van der Waals surface area contributed by atoms with Gasteiger partial charge < -0.3 is 10.3 Å². The highest BCUT2D eigenvalue weighted by atomic mass is 16.1. The zero-order chi connectivity index (χ0) is 13.5. The second kappa shape index (κ2) is 4.38. The average Bonchev–Trinajstić information content (AvgIpc) is 2.99. The number of hydrogen-bond acceptors (Lipinski definition) is 2. The fourth-order valence-electron chi connectivity index (χ4n) is 3.03. The summed E-state index contributed by atoms with van der Waals surface area (Å²) in [4.78, 5) is 12.1.